The Morgan fingerprint density at radius 2 is 1.55 bits per heavy atom. The van der Waals surface area contributed by atoms with Crippen molar-refractivity contribution in [1.29, 1.82) is 0 Å². The molecule has 1 aromatic carbocycles. The molecule has 4 saturated carbocycles. The Labute approximate surface area is 307 Å². The highest BCUT2D eigenvalue weighted by Crippen LogP contribution is 2.77. The zero-order valence-electron chi connectivity index (χ0n) is 32.4. The maximum Gasteiger partial charge on any atom is 0.335 e. The predicted octanol–water partition coefficient (Wildman–Crippen LogP) is 7.83. The number of carbonyl (C=O) groups is 2. The quantitative estimate of drug-likeness (QED) is 0.165. The minimum atomic E-state index is -0.884. The molecule has 1 aromatic rings. The molecular weight excluding hydrogens is 636 g/mol. The van der Waals surface area contributed by atoms with E-state index in [0.717, 1.165) is 44.1 Å². The van der Waals surface area contributed by atoms with Crippen molar-refractivity contribution in [2.45, 2.75) is 106 Å². The Bertz CT molecular complexity index is 1510. The number of allylic oxidation sites excluding steroid dienone is 3. The number of rotatable bonds is 12. The number of hydrogen-bond acceptors (Lipinski definition) is 5. The molecule has 5 aliphatic carbocycles. The highest BCUT2D eigenvalue weighted by Gasteiger charge is 2.71. The van der Waals surface area contributed by atoms with Crippen LogP contribution in [0.1, 0.15) is 122 Å². The summed E-state index contributed by atoms with van der Waals surface area (Å²) in [6.45, 7) is 21.8. The summed E-state index contributed by atoms with van der Waals surface area (Å²) in [6, 6.07) is 7.51. The molecule has 1 amide bonds. The van der Waals surface area contributed by atoms with Crippen molar-refractivity contribution in [2.75, 3.05) is 39.4 Å². The number of benzene rings is 1. The lowest BCUT2D eigenvalue weighted by Crippen LogP contribution is -2.66. The predicted molar refractivity (Wildman–Crippen MR) is 204 cm³/mol. The molecule has 7 nitrogen and oxygen atoms in total. The van der Waals surface area contributed by atoms with Gasteiger partial charge in [-0.1, -0.05) is 71.9 Å². The third-order valence-electron chi connectivity index (χ3n) is 16.4. The van der Waals surface area contributed by atoms with Crippen molar-refractivity contribution in [3.63, 3.8) is 0 Å². The fourth-order valence-electron chi connectivity index (χ4n) is 13.7. The van der Waals surface area contributed by atoms with Crippen LogP contribution in [0.15, 0.2) is 42.5 Å². The molecule has 282 valence electrons. The van der Waals surface area contributed by atoms with E-state index in [1.54, 1.807) is 12.1 Å². The molecule has 0 bridgehead atoms. The minimum absolute atomic E-state index is 0.0318. The van der Waals surface area contributed by atoms with Gasteiger partial charge in [-0.15, -0.1) is 0 Å². The molecule has 6 rings (SSSR count). The summed E-state index contributed by atoms with van der Waals surface area (Å²) in [5, 5.41) is 31.9. The lowest BCUT2D eigenvalue weighted by atomic mass is 9.32. The fourth-order valence-corrected chi connectivity index (χ4v) is 13.7. The van der Waals surface area contributed by atoms with Crippen LogP contribution in [0.25, 0.3) is 5.57 Å². The van der Waals surface area contributed by atoms with Crippen LogP contribution in [0.4, 0.5) is 0 Å². The van der Waals surface area contributed by atoms with Crippen LogP contribution in [0.5, 0.6) is 0 Å². The van der Waals surface area contributed by atoms with Gasteiger partial charge in [-0.25, -0.2) is 4.79 Å². The largest absolute Gasteiger partial charge is 0.478 e. The standard InChI is InChI=1S/C44H66N2O5/c1-8-29(2)32-15-20-44(39(51)45-23-24-46(25-27-47)26-28-48)22-21-42(6)34(37(32)44)13-14-36-41(5)18-16-33(30-9-11-31(12-10-30)38(49)50)40(3,4)35(41)17-19-43(36,42)7/h9-12,16,32,34-37,47-48H,2,8,13-15,17-28H2,1,3-7H3,(H,45,51)(H,49,50)/t32-,34+,35-,36+,37+,41-,42+,43+,44-/m0/s1. The van der Waals surface area contributed by atoms with Gasteiger partial charge < -0.3 is 20.6 Å². The van der Waals surface area contributed by atoms with Crippen molar-refractivity contribution in [1.82, 2.24) is 10.2 Å². The molecule has 9 atom stereocenters. The van der Waals surface area contributed by atoms with E-state index in [4.69, 9.17) is 0 Å². The van der Waals surface area contributed by atoms with Gasteiger partial charge in [0.1, 0.15) is 0 Å². The second-order valence-electron chi connectivity index (χ2n) is 18.5. The van der Waals surface area contributed by atoms with E-state index >= 15 is 0 Å². The summed E-state index contributed by atoms with van der Waals surface area (Å²) in [6.07, 6.45) is 13.3. The van der Waals surface area contributed by atoms with Gasteiger partial charge in [-0.05, 0) is 139 Å². The van der Waals surface area contributed by atoms with Crippen LogP contribution in [0, 0.1) is 56.7 Å². The zero-order chi connectivity index (χ0) is 37.0. The van der Waals surface area contributed by atoms with Gasteiger partial charge in [-0.3, -0.25) is 9.69 Å². The number of aliphatic hydroxyl groups is 2. The Hall–Kier alpha value is -2.48. The summed E-state index contributed by atoms with van der Waals surface area (Å²) in [4.78, 5) is 28.1. The second kappa shape index (κ2) is 14.1. The summed E-state index contributed by atoms with van der Waals surface area (Å²) in [5.74, 6) is 1.63. The van der Waals surface area contributed by atoms with Crippen molar-refractivity contribution >= 4 is 17.4 Å². The number of carboxylic acids is 1. The SMILES string of the molecule is C=C(CC)[C@@H]1CC[C@]2(C(=O)NCCN(CCO)CCO)CC[C@]3(C)[C@H](CC[C@@H]4[C@@]5(C)CC=C(c6ccc(C(=O)O)cc6)C(C)(C)[C@@H]5CC[C@]43C)[C@@H]12. The number of aliphatic hydroxyl groups excluding tert-OH is 2. The monoisotopic (exact) mass is 702 g/mol. The van der Waals surface area contributed by atoms with Gasteiger partial charge in [0, 0.05) is 26.2 Å². The number of amides is 1. The van der Waals surface area contributed by atoms with Crippen LogP contribution < -0.4 is 5.32 Å². The Balaban J connectivity index is 1.29. The molecule has 4 fully saturated rings. The molecule has 0 saturated heterocycles. The highest BCUT2D eigenvalue weighted by atomic mass is 16.4. The van der Waals surface area contributed by atoms with Crippen LogP contribution in [0.3, 0.4) is 0 Å². The lowest BCUT2D eigenvalue weighted by molar-refractivity contribution is -0.225. The van der Waals surface area contributed by atoms with Gasteiger partial charge in [0.2, 0.25) is 5.91 Å². The molecular formula is C44H66N2O5. The smallest absolute Gasteiger partial charge is 0.335 e. The molecule has 0 unspecified atom stereocenters. The molecule has 51 heavy (non-hydrogen) atoms. The number of hydrogen-bond donors (Lipinski definition) is 4. The van der Waals surface area contributed by atoms with Gasteiger partial charge >= 0.3 is 5.97 Å². The maximum atomic E-state index is 14.5. The van der Waals surface area contributed by atoms with Crippen LogP contribution in [-0.4, -0.2) is 71.5 Å². The topological polar surface area (TPSA) is 110 Å². The summed E-state index contributed by atoms with van der Waals surface area (Å²) in [5.41, 5.74) is 4.24. The average molecular weight is 703 g/mol. The van der Waals surface area contributed by atoms with E-state index in [9.17, 15) is 24.9 Å². The van der Waals surface area contributed by atoms with E-state index in [2.05, 4.69) is 59.5 Å². The number of nitrogens with one attached hydrogen (secondary N) is 1. The molecule has 0 aliphatic heterocycles. The first-order valence-electron chi connectivity index (χ1n) is 20.1. The van der Waals surface area contributed by atoms with Gasteiger partial charge in [0.25, 0.3) is 0 Å². The second-order valence-corrected chi connectivity index (χ2v) is 18.5. The number of nitrogens with zero attached hydrogens (tertiary/aromatic N) is 1. The minimum Gasteiger partial charge on any atom is -0.478 e. The molecule has 4 N–H and O–H groups in total. The zero-order valence-corrected chi connectivity index (χ0v) is 32.4. The third kappa shape index (κ3) is 5.96. The fraction of sp³-hybridized carbons (Fsp3) is 0.727. The summed E-state index contributed by atoms with van der Waals surface area (Å²) in [7, 11) is 0. The van der Waals surface area contributed by atoms with Crippen molar-refractivity contribution < 1.29 is 24.9 Å². The van der Waals surface area contributed by atoms with E-state index in [0.29, 0.717) is 61.3 Å². The van der Waals surface area contributed by atoms with E-state index < -0.39 is 5.97 Å². The molecule has 5 aliphatic rings. The Morgan fingerprint density at radius 3 is 2.18 bits per heavy atom. The van der Waals surface area contributed by atoms with Gasteiger partial charge in [-0.2, -0.15) is 0 Å². The van der Waals surface area contributed by atoms with Crippen LogP contribution in [-0.2, 0) is 4.79 Å². The first kappa shape index (κ1) is 38.3. The normalized spacial score (nSPS) is 38.1. The van der Waals surface area contributed by atoms with Crippen molar-refractivity contribution in [3.8, 4) is 0 Å². The van der Waals surface area contributed by atoms with Crippen LogP contribution >= 0.6 is 0 Å². The first-order chi connectivity index (χ1) is 24.1. The number of carbonyl (C=O) groups excluding carboxylic acids is 1. The van der Waals surface area contributed by atoms with Crippen LogP contribution in [0.2, 0.25) is 0 Å². The lowest BCUT2D eigenvalue weighted by Gasteiger charge is -2.72. The number of aromatic carboxylic acids is 1. The molecule has 7 heteroatoms. The number of fused-ring (bicyclic) bond motifs is 7. The van der Waals surface area contributed by atoms with E-state index in [-0.39, 0.29) is 46.2 Å². The summed E-state index contributed by atoms with van der Waals surface area (Å²) >= 11 is 0. The van der Waals surface area contributed by atoms with Gasteiger partial charge in [0.15, 0.2) is 0 Å². The molecule has 0 spiro atoms. The molecule has 0 radical (unpaired) electrons. The average Bonchev–Trinajstić information content (AvgIpc) is 3.49. The van der Waals surface area contributed by atoms with E-state index in [1.165, 1.54) is 36.8 Å². The molecule has 0 aromatic heterocycles. The molecule has 0 heterocycles. The van der Waals surface area contributed by atoms with Crippen molar-refractivity contribution in [3.05, 3.63) is 53.6 Å². The first-order valence-corrected chi connectivity index (χ1v) is 20.1. The van der Waals surface area contributed by atoms with Gasteiger partial charge in [0.05, 0.1) is 24.2 Å². The van der Waals surface area contributed by atoms with Crippen molar-refractivity contribution in [2.24, 2.45) is 56.7 Å². The Kier molecular flexibility index (Phi) is 10.5. The summed E-state index contributed by atoms with van der Waals surface area (Å²) < 4.78 is 0. The maximum absolute atomic E-state index is 14.5. The highest BCUT2D eigenvalue weighted by molar-refractivity contribution is 5.88. The Morgan fingerprint density at radius 1 is 0.863 bits per heavy atom. The van der Waals surface area contributed by atoms with E-state index in [1.807, 2.05) is 17.0 Å². The number of carboxylic acid groups (broad SMARTS) is 1. The third-order valence-corrected chi connectivity index (χ3v) is 16.4.